The lowest BCUT2D eigenvalue weighted by Crippen LogP contribution is -2.29. The Kier molecular flexibility index (Phi) is 4.69. The number of hydrogen-bond donors (Lipinski definition) is 2. The van der Waals surface area contributed by atoms with Gasteiger partial charge in [0.05, 0.1) is 11.8 Å². The maximum atomic E-state index is 12.4. The first-order valence-corrected chi connectivity index (χ1v) is 6.47. The largest absolute Gasteiger partial charge is 0.459 e. The van der Waals surface area contributed by atoms with Gasteiger partial charge in [-0.1, -0.05) is 0 Å². The second-order valence-electron chi connectivity index (χ2n) is 4.55. The van der Waals surface area contributed by atoms with Crippen molar-refractivity contribution in [3.05, 3.63) is 47.5 Å². The summed E-state index contributed by atoms with van der Waals surface area (Å²) in [6, 6.07) is 3.86. The van der Waals surface area contributed by atoms with Crippen LogP contribution in [0.5, 0.6) is 0 Å². The number of anilines is 1. The number of furan rings is 1. The van der Waals surface area contributed by atoms with Crippen molar-refractivity contribution >= 4 is 11.7 Å². The molecule has 0 aliphatic heterocycles. The Bertz CT molecular complexity index is 636. The van der Waals surface area contributed by atoms with Gasteiger partial charge in [0.15, 0.2) is 5.76 Å². The number of carbonyl (C=O) groups is 1. The highest BCUT2D eigenvalue weighted by molar-refractivity contribution is 5.92. The van der Waals surface area contributed by atoms with Gasteiger partial charge in [-0.2, -0.15) is 13.2 Å². The Hall–Kier alpha value is -2.51. The summed E-state index contributed by atoms with van der Waals surface area (Å²) >= 11 is 0. The molecule has 118 valence electrons. The molecule has 0 saturated carbocycles. The molecule has 0 aromatic carbocycles. The molecule has 22 heavy (non-hydrogen) atoms. The van der Waals surface area contributed by atoms with Crippen LogP contribution in [0.1, 0.15) is 21.7 Å². The third-order valence-electron chi connectivity index (χ3n) is 2.88. The molecule has 2 N–H and O–H groups in total. The molecular formula is C14H14F3N3O2. The van der Waals surface area contributed by atoms with Gasteiger partial charge in [-0.15, -0.1) is 0 Å². The number of pyridine rings is 1. The van der Waals surface area contributed by atoms with Crippen molar-refractivity contribution < 1.29 is 22.4 Å². The highest BCUT2D eigenvalue weighted by Crippen LogP contribution is 2.28. The van der Waals surface area contributed by atoms with E-state index in [1.54, 1.807) is 13.0 Å². The molecule has 0 fully saturated rings. The van der Waals surface area contributed by atoms with Crippen LogP contribution in [0.2, 0.25) is 0 Å². The maximum absolute atomic E-state index is 12.4. The summed E-state index contributed by atoms with van der Waals surface area (Å²) in [6.07, 6.45) is -2.22. The number of nitrogens with one attached hydrogen (secondary N) is 2. The van der Waals surface area contributed by atoms with Crippen molar-refractivity contribution in [3.63, 3.8) is 0 Å². The van der Waals surface area contributed by atoms with E-state index in [-0.39, 0.29) is 18.2 Å². The summed E-state index contributed by atoms with van der Waals surface area (Å²) in [4.78, 5) is 15.4. The Labute approximate surface area is 124 Å². The number of aryl methyl sites for hydroxylation is 1. The van der Waals surface area contributed by atoms with E-state index in [4.69, 9.17) is 4.42 Å². The molecule has 5 nitrogen and oxygen atoms in total. The molecule has 0 saturated heterocycles. The van der Waals surface area contributed by atoms with Gasteiger partial charge in [0.1, 0.15) is 5.82 Å². The van der Waals surface area contributed by atoms with Gasteiger partial charge in [-0.05, 0) is 25.1 Å². The third kappa shape index (κ3) is 4.00. The van der Waals surface area contributed by atoms with E-state index in [1.165, 1.54) is 12.3 Å². The predicted molar refractivity (Wildman–Crippen MR) is 73.5 cm³/mol. The van der Waals surface area contributed by atoms with Crippen LogP contribution in [0.3, 0.4) is 0 Å². The lowest BCUT2D eigenvalue weighted by molar-refractivity contribution is -0.137. The van der Waals surface area contributed by atoms with Crippen LogP contribution >= 0.6 is 0 Å². The van der Waals surface area contributed by atoms with E-state index in [1.807, 2.05) is 0 Å². The molecule has 1 amide bonds. The molecule has 2 aromatic rings. The highest BCUT2D eigenvalue weighted by atomic mass is 19.4. The van der Waals surface area contributed by atoms with E-state index in [0.29, 0.717) is 12.4 Å². The van der Waals surface area contributed by atoms with E-state index in [0.717, 1.165) is 17.8 Å². The average molecular weight is 313 g/mol. The summed E-state index contributed by atoms with van der Waals surface area (Å²) in [5, 5.41) is 5.44. The normalized spacial score (nSPS) is 11.3. The van der Waals surface area contributed by atoms with Gasteiger partial charge in [-0.25, -0.2) is 4.98 Å². The monoisotopic (exact) mass is 313 g/mol. The molecule has 0 spiro atoms. The topological polar surface area (TPSA) is 67.2 Å². The van der Waals surface area contributed by atoms with Gasteiger partial charge >= 0.3 is 6.18 Å². The number of halogens is 3. The van der Waals surface area contributed by atoms with E-state index < -0.39 is 11.7 Å². The SMILES string of the molecule is Cc1ccoc1C(=O)NCCNc1ccc(C(F)(F)F)cn1. The fourth-order valence-electron chi connectivity index (χ4n) is 1.72. The number of aromatic nitrogens is 1. The standard InChI is InChI=1S/C14H14F3N3O2/c1-9-4-7-22-12(9)13(21)19-6-5-18-11-3-2-10(8-20-11)14(15,16)17/h2-4,7-8H,5-6H2,1H3,(H,18,20)(H,19,21). The zero-order valence-corrected chi connectivity index (χ0v) is 11.7. The predicted octanol–water partition coefficient (Wildman–Crippen LogP) is 2.84. The number of carbonyl (C=O) groups excluding carboxylic acids is 1. The number of nitrogens with zero attached hydrogens (tertiary/aromatic N) is 1. The van der Waals surface area contributed by atoms with Gasteiger partial charge < -0.3 is 15.1 Å². The summed E-state index contributed by atoms with van der Waals surface area (Å²) in [6.45, 7) is 2.36. The smallest absolute Gasteiger partial charge is 0.417 e. The minimum Gasteiger partial charge on any atom is -0.459 e. The lowest BCUT2D eigenvalue weighted by Gasteiger charge is -2.09. The Balaban J connectivity index is 1.77. The summed E-state index contributed by atoms with van der Waals surface area (Å²) in [5.41, 5.74) is -0.0745. The molecule has 2 rings (SSSR count). The van der Waals surface area contributed by atoms with Gasteiger partial charge in [-0.3, -0.25) is 4.79 Å². The molecular weight excluding hydrogens is 299 g/mol. The Morgan fingerprint density at radius 2 is 2.05 bits per heavy atom. The maximum Gasteiger partial charge on any atom is 0.417 e. The first-order valence-electron chi connectivity index (χ1n) is 6.47. The van der Waals surface area contributed by atoms with Crippen LogP contribution in [-0.2, 0) is 6.18 Å². The summed E-state index contributed by atoms with van der Waals surface area (Å²) in [5.74, 6) is 0.203. The van der Waals surface area contributed by atoms with Crippen molar-refractivity contribution in [1.29, 1.82) is 0 Å². The molecule has 2 heterocycles. The Morgan fingerprint density at radius 3 is 2.59 bits per heavy atom. The van der Waals surface area contributed by atoms with Crippen LogP contribution in [-0.4, -0.2) is 24.0 Å². The van der Waals surface area contributed by atoms with Crippen LogP contribution in [0, 0.1) is 6.92 Å². The molecule has 2 aromatic heterocycles. The van der Waals surface area contributed by atoms with E-state index in [9.17, 15) is 18.0 Å². The number of rotatable bonds is 5. The van der Waals surface area contributed by atoms with Crippen LogP contribution in [0.4, 0.5) is 19.0 Å². The molecule has 0 aliphatic carbocycles. The first-order chi connectivity index (χ1) is 10.4. The zero-order chi connectivity index (χ0) is 16.2. The minimum atomic E-state index is -4.40. The van der Waals surface area contributed by atoms with Crippen molar-refractivity contribution in [1.82, 2.24) is 10.3 Å². The molecule has 0 radical (unpaired) electrons. The fraction of sp³-hybridized carbons (Fsp3) is 0.286. The summed E-state index contributed by atoms with van der Waals surface area (Å²) < 4.78 is 42.1. The van der Waals surface area contributed by atoms with Gasteiger partial charge in [0.25, 0.3) is 5.91 Å². The van der Waals surface area contributed by atoms with Crippen LogP contribution in [0.25, 0.3) is 0 Å². The van der Waals surface area contributed by atoms with E-state index >= 15 is 0 Å². The lowest BCUT2D eigenvalue weighted by atomic mass is 10.2. The van der Waals surface area contributed by atoms with Crippen LogP contribution < -0.4 is 10.6 Å². The third-order valence-corrected chi connectivity index (χ3v) is 2.88. The second-order valence-corrected chi connectivity index (χ2v) is 4.55. The number of hydrogen-bond acceptors (Lipinski definition) is 4. The molecule has 0 atom stereocenters. The van der Waals surface area contributed by atoms with Crippen LogP contribution in [0.15, 0.2) is 35.1 Å². The second kappa shape index (κ2) is 6.50. The Morgan fingerprint density at radius 1 is 1.27 bits per heavy atom. The number of amides is 1. The van der Waals surface area contributed by atoms with E-state index in [2.05, 4.69) is 15.6 Å². The van der Waals surface area contributed by atoms with Gasteiger partial charge in [0, 0.05) is 24.8 Å². The average Bonchev–Trinajstić information content (AvgIpc) is 2.89. The quantitative estimate of drug-likeness (QED) is 0.833. The molecule has 0 aliphatic rings. The molecule has 8 heteroatoms. The van der Waals surface area contributed by atoms with Crippen molar-refractivity contribution in [2.24, 2.45) is 0 Å². The minimum absolute atomic E-state index is 0.243. The molecule has 0 unspecified atom stereocenters. The van der Waals surface area contributed by atoms with Crippen molar-refractivity contribution in [3.8, 4) is 0 Å². The highest BCUT2D eigenvalue weighted by Gasteiger charge is 2.30. The van der Waals surface area contributed by atoms with Crippen molar-refractivity contribution in [2.75, 3.05) is 18.4 Å². The zero-order valence-electron chi connectivity index (χ0n) is 11.7. The van der Waals surface area contributed by atoms with Crippen molar-refractivity contribution in [2.45, 2.75) is 13.1 Å². The molecule has 0 bridgehead atoms. The van der Waals surface area contributed by atoms with Gasteiger partial charge in [0.2, 0.25) is 0 Å². The summed E-state index contributed by atoms with van der Waals surface area (Å²) in [7, 11) is 0. The fourth-order valence-corrected chi connectivity index (χ4v) is 1.72. The number of alkyl halides is 3. The first kappa shape index (κ1) is 15.9.